The Balaban J connectivity index is 2.81. The van der Waals surface area contributed by atoms with Crippen LogP contribution >= 0.6 is 12.2 Å². The van der Waals surface area contributed by atoms with Crippen LogP contribution in [-0.4, -0.2) is 20.2 Å². The number of thiocarbonyl (C=S) groups is 1. The van der Waals surface area contributed by atoms with Gasteiger partial charge in [-0.1, -0.05) is 18.2 Å². The van der Waals surface area contributed by atoms with Crippen LogP contribution in [-0.2, 0) is 0 Å². The van der Waals surface area contributed by atoms with E-state index in [1.54, 1.807) is 18.2 Å². The van der Waals surface area contributed by atoms with Gasteiger partial charge in [0.25, 0.3) is 0 Å². The fourth-order valence-electron chi connectivity index (χ4n) is 1.53. The van der Waals surface area contributed by atoms with Gasteiger partial charge in [-0.05, 0) is 35.7 Å². The first-order valence-electron chi connectivity index (χ1n) is 4.60. The molecule has 4 N–H and O–H groups in total. The molecule has 5 heteroatoms. The molecule has 0 saturated carbocycles. The molecule has 0 spiro atoms. The van der Waals surface area contributed by atoms with Crippen LogP contribution in [0.4, 0.5) is 0 Å². The second kappa shape index (κ2) is 3.86. The van der Waals surface area contributed by atoms with Gasteiger partial charge in [-0.3, -0.25) is 0 Å². The number of hydrogen-bond acceptors (Lipinski definition) is 3. The van der Waals surface area contributed by atoms with Crippen molar-refractivity contribution in [1.82, 2.24) is 4.90 Å². The van der Waals surface area contributed by atoms with Crippen molar-refractivity contribution in [2.24, 2.45) is 5.73 Å². The second-order valence-corrected chi connectivity index (χ2v) is 3.69. The number of aliphatic hydroxyl groups is 2. The van der Waals surface area contributed by atoms with E-state index in [4.69, 9.17) is 18.0 Å². The number of hydrogen-bond donors (Lipinski definition) is 3. The van der Waals surface area contributed by atoms with Crippen LogP contribution in [0.1, 0.15) is 0 Å². The van der Waals surface area contributed by atoms with Crippen molar-refractivity contribution in [2.45, 2.75) is 0 Å². The largest absolute Gasteiger partial charge is 0.494 e. The van der Waals surface area contributed by atoms with Gasteiger partial charge < -0.3 is 15.9 Å². The number of allylic oxidation sites excluding steroid dienone is 1. The number of fused-ring (bicyclic) bond motifs is 1. The number of aliphatic hydroxyl groups excluding tert-OH is 2. The van der Waals surface area contributed by atoms with Gasteiger partial charge in [0.15, 0.2) is 11.0 Å². The number of rotatable bonds is 0. The lowest BCUT2D eigenvalue weighted by Crippen LogP contribution is -2.38. The van der Waals surface area contributed by atoms with E-state index in [2.05, 4.69) is 0 Å². The minimum atomic E-state index is -0.207. The molecule has 1 aliphatic heterocycles. The molecule has 1 heterocycles. The van der Waals surface area contributed by atoms with Gasteiger partial charge >= 0.3 is 0 Å². The highest BCUT2D eigenvalue weighted by Gasteiger charge is 2.18. The zero-order chi connectivity index (χ0) is 11.7. The average Bonchev–Trinajstić information content (AvgIpc) is 2.37. The molecule has 0 bridgehead atoms. The Morgan fingerprint density at radius 3 is 2.56 bits per heavy atom. The summed E-state index contributed by atoms with van der Waals surface area (Å²) in [6.45, 7) is 0. The van der Waals surface area contributed by atoms with E-state index >= 15 is 0 Å². The van der Waals surface area contributed by atoms with E-state index in [1.165, 1.54) is 6.08 Å². The minimum Gasteiger partial charge on any atom is -0.494 e. The highest BCUT2D eigenvalue weighted by molar-refractivity contribution is 7.80. The zero-order valence-electron chi connectivity index (χ0n) is 8.29. The normalized spacial score (nSPS) is 14.6. The summed E-state index contributed by atoms with van der Waals surface area (Å²) in [4.78, 5) is 1.01. The first-order chi connectivity index (χ1) is 7.61. The van der Waals surface area contributed by atoms with Crippen molar-refractivity contribution in [3.05, 3.63) is 46.7 Å². The zero-order valence-corrected chi connectivity index (χ0v) is 9.11. The number of nitrogens with zero attached hydrogens (tertiary/aromatic N) is 1. The Bertz CT molecular complexity index is 592. The van der Waals surface area contributed by atoms with Crippen LogP contribution in [0.25, 0.3) is 12.0 Å². The standard InChI is InChI=1S/C11H10N2O2S/c12-11(16)13-9(14)6-5-7-3-1-2-4-8(7)10(13)15/h1-6,14-15H,(H2,12,16). The molecule has 4 nitrogen and oxygen atoms in total. The Kier molecular flexibility index (Phi) is 2.54. The van der Waals surface area contributed by atoms with Gasteiger partial charge in [0.1, 0.15) is 0 Å². The molecule has 0 saturated heterocycles. The minimum absolute atomic E-state index is 0.114. The van der Waals surface area contributed by atoms with Gasteiger partial charge in [-0.15, -0.1) is 0 Å². The molecule has 1 aromatic rings. The third-order valence-corrected chi connectivity index (χ3v) is 2.46. The SMILES string of the molecule is NC(=S)N1C(O)=CC=c2ccccc2=C1O. The Hall–Kier alpha value is -2.01. The highest BCUT2D eigenvalue weighted by Crippen LogP contribution is 2.09. The quantitative estimate of drug-likeness (QED) is 0.553. The van der Waals surface area contributed by atoms with Crippen molar-refractivity contribution in [3.63, 3.8) is 0 Å². The summed E-state index contributed by atoms with van der Waals surface area (Å²) >= 11 is 4.77. The Morgan fingerprint density at radius 2 is 1.88 bits per heavy atom. The Morgan fingerprint density at radius 1 is 1.19 bits per heavy atom. The molecule has 1 aromatic carbocycles. The van der Waals surface area contributed by atoms with E-state index in [1.807, 2.05) is 12.1 Å². The first kappa shape index (κ1) is 10.5. The van der Waals surface area contributed by atoms with Crippen molar-refractivity contribution < 1.29 is 10.2 Å². The smallest absolute Gasteiger partial charge is 0.208 e. The third kappa shape index (κ3) is 1.61. The molecular weight excluding hydrogens is 224 g/mol. The fraction of sp³-hybridized carbons (Fsp3) is 0. The molecule has 82 valence electrons. The molecule has 16 heavy (non-hydrogen) atoms. The number of benzene rings is 1. The van der Waals surface area contributed by atoms with Crippen LogP contribution in [0.2, 0.25) is 0 Å². The van der Waals surface area contributed by atoms with Crippen LogP contribution in [0, 0.1) is 0 Å². The second-order valence-electron chi connectivity index (χ2n) is 3.28. The van der Waals surface area contributed by atoms with Crippen molar-refractivity contribution in [3.8, 4) is 0 Å². The van der Waals surface area contributed by atoms with Gasteiger partial charge in [0, 0.05) is 5.22 Å². The summed E-state index contributed by atoms with van der Waals surface area (Å²) in [6.07, 6.45) is 3.11. The summed E-state index contributed by atoms with van der Waals surface area (Å²) in [5.74, 6) is -0.383. The fourth-order valence-corrected chi connectivity index (χ4v) is 1.71. The average molecular weight is 234 g/mol. The molecule has 0 atom stereocenters. The summed E-state index contributed by atoms with van der Waals surface area (Å²) in [7, 11) is 0. The third-order valence-electron chi connectivity index (χ3n) is 2.27. The van der Waals surface area contributed by atoms with Crippen LogP contribution < -0.4 is 16.2 Å². The molecule has 0 radical (unpaired) electrons. The van der Waals surface area contributed by atoms with Crippen LogP contribution in [0.15, 0.2) is 36.2 Å². The van der Waals surface area contributed by atoms with Crippen molar-refractivity contribution in [2.75, 3.05) is 0 Å². The molecule has 2 rings (SSSR count). The topological polar surface area (TPSA) is 69.7 Å². The summed E-state index contributed by atoms with van der Waals surface area (Å²) in [5.41, 5.74) is 5.44. The maximum Gasteiger partial charge on any atom is 0.208 e. The maximum absolute atomic E-state index is 10.00. The molecular formula is C11H10N2O2S. The van der Waals surface area contributed by atoms with E-state index in [-0.39, 0.29) is 16.9 Å². The summed E-state index contributed by atoms with van der Waals surface area (Å²) in [6, 6.07) is 7.16. The molecule has 0 aliphatic carbocycles. The van der Waals surface area contributed by atoms with Crippen molar-refractivity contribution >= 4 is 29.3 Å². The lowest BCUT2D eigenvalue weighted by atomic mass is 10.2. The lowest BCUT2D eigenvalue weighted by Gasteiger charge is -2.19. The van der Waals surface area contributed by atoms with Crippen molar-refractivity contribution in [1.29, 1.82) is 0 Å². The summed E-state index contributed by atoms with van der Waals surface area (Å²) < 4.78 is 0. The van der Waals surface area contributed by atoms with Gasteiger partial charge in [-0.2, -0.15) is 0 Å². The first-order valence-corrected chi connectivity index (χ1v) is 5.01. The molecule has 1 aliphatic rings. The monoisotopic (exact) mass is 234 g/mol. The lowest BCUT2D eigenvalue weighted by molar-refractivity contribution is 0.281. The van der Waals surface area contributed by atoms with E-state index < -0.39 is 0 Å². The molecule has 0 fully saturated rings. The maximum atomic E-state index is 10.00. The number of nitrogens with two attached hydrogens (primary N) is 1. The van der Waals surface area contributed by atoms with Crippen LogP contribution in [0.5, 0.6) is 0 Å². The van der Waals surface area contributed by atoms with E-state index in [0.717, 1.165) is 10.1 Å². The van der Waals surface area contributed by atoms with Gasteiger partial charge in [-0.25, -0.2) is 4.90 Å². The molecule has 0 unspecified atom stereocenters. The Labute approximate surface area is 97.2 Å². The highest BCUT2D eigenvalue weighted by atomic mass is 32.1. The summed E-state index contributed by atoms with van der Waals surface area (Å²) in [5, 5.41) is 20.9. The van der Waals surface area contributed by atoms with Gasteiger partial charge in [0.05, 0.1) is 0 Å². The molecule has 0 amide bonds. The van der Waals surface area contributed by atoms with Gasteiger partial charge in [0.2, 0.25) is 5.88 Å². The van der Waals surface area contributed by atoms with E-state index in [9.17, 15) is 10.2 Å². The van der Waals surface area contributed by atoms with E-state index in [0.29, 0.717) is 5.22 Å². The predicted octanol–water partition coefficient (Wildman–Crippen LogP) is 0.0494. The molecule has 0 aromatic heterocycles. The predicted molar refractivity (Wildman–Crippen MR) is 65.5 cm³/mol. The van der Waals surface area contributed by atoms with Crippen LogP contribution in [0.3, 0.4) is 0 Å².